The van der Waals surface area contributed by atoms with Crippen LogP contribution in [0.15, 0.2) is 48.5 Å². The lowest BCUT2D eigenvalue weighted by Gasteiger charge is -2.25. The Labute approximate surface area is 176 Å². The predicted molar refractivity (Wildman–Crippen MR) is 119 cm³/mol. The summed E-state index contributed by atoms with van der Waals surface area (Å²) in [6, 6.07) is 13.0. The molecular formula is C23H28N4O3. The molecule has 1 fully saturated rings. The minimum absolute atomic E-state index is 0.0468. The minimum Gasteiger partial charge on any atom is -0.489 e. The fourth-order valence-corrected chi connectivity index (χ4v) is 3.29. The first-order chi connectivity index (χ1) is 14.6. The van der Waals surface area contributed by atoms with Crippen molar-refractivity contribution in [2.75, 3.05) is 32.1 Å². The number of carbonyl (C=O) groups is 1. The number of nitrogens with one attached hydrogen (secondary N) is 3. The highest BCUT2D eigenvalue weighted by Crippen LogP contribution is 2.26. The Morgan fingerprint density at radius 2 is 2.07 bits per heavy atom. The highest BCUT2D eigenvalue weighted by Gasteiger charge is 2.19. The Hall–Kier alpha value is -3.32. The van der Waals surface area contributed by atoms with Gasteiger partial charge in [-0.05, 0) is 55.8 Å². The molecule has 0 aliphatic carbocycles. The van der Waals surface area contributed by atoms with Crippen LogP contribution in [0.2, 0.25) is 0 Å². The van der Waals surface area contributed by atoms with E-state index in [2.05, 4.69) is 10.6 Å². The summed E-state index contributed by atoms with van der Waals surface area (Å²) in [6.45, 7) is 2.40. The van der Waals surface area contributed by atoms with Crippen LogP contribution in [-0.4, -0.2) is 44.7 Å². The molecule has 2 aromatic rings. The van der Waals surface area contributed by atoms with E-state index in [1.807, 2.05) is 42.5 Å². The van der Waals surface area contributed by atoms with Crippen LogP contribution in [0.5, 0.6) is 5.75 Å². The molecule has 0 aromatic heterocycles. The Morgan fingerprint density at radius 3 is 2.80 bits per heavy atom. The van der Waals surface area contributed by atoms with Crippen molar-refractivity contribution in [3.63, 3.8) is 0 Å². The summed E-state index contributed by atoms with van der Waals surface area (Å²) in [7, 11) is 1.37. The highest BCUT2D eigenvalue weighted by atomic mass is 16.5. The number of methoxy groups -OCH3 is 1. The van der Waals surface area contributed by atoms with E-state index in [0.29, 0.717) is 23.4 Å². The van der Waals surface area contributed by atoms with Crippen molar-refractivity contribution in [2.45, 2.75) is 18.9 Å². The number of amidine groups is 1. The zero-order valence-corrected chi connectivity index (χ0v) is 17.1. The van der Waals surface area contributed by atoms with Crippen LogP contribution in [0, 0.1) is 5.41 Å². The van der Waals surface area contributed by atoms with Crippen molar-refractivity contribution in [1.82, 2.24) is 5.32 Å². The molecule has 0 spiro atoms. The number of rotatable bonds is 8. The fourth-order valence-electron chi connectivity index (χ4n) is 3.29. The molecule has 1 aliphatic rings. The van der Waals surface area contributed by atoms with Gasteiger partial charge in [0.05, 0.1) is 7.11 Å². The van der Waals surface area contributed by atoms with E-state index < -0.39 is 5.97 Å². The van der Waals surface area contributed by atoms with E-state index in [4.69, 9.17) is 20.6 Å². The molecule has 0 amide bonds. The number of piperidine rings is 1. The number of nitrogen functional groups attached to an aromatic ring is 1. The van der Waals surface area contributed by atoms with Gasteiger partial charge >= 0.3 is 5.97 Å². The van der Waals surface area contributed by atoms with Crippen LogP contribution >= 0.6 is 0 Å². The summed E-state index contributed by atoms with van der Waals surface area (Å²) < 4.78 is 11.0. The summed E-state index contributed by atoms with van der Waals surface area (Å²) >= 11 is 0. The van der Waals surface area contributed by atoms with Gasteiger partial charge in [-0.2, -0.15) is 0 Å². The second-order valence-electron chi connectivity index (χ2n) is 7.09. The SMILES string of the molecule is COC(=O)c1cc(NC/C=C/c2cccc(C(=N)N)c2)ccc1OC1CCNCC1. The van der Waals surface area contributed by atoms with E-state index in [1.165, 1.54) is 7.11 Å². The van der Waals surface area contributed by atoms with Gasteiger partial charge < -0.3 is 25.8 Å². The Balaban J connectivity index is 1.65. The Bertz CT molecular complexity index is 920. The normalized spacial score (nSPS) is 14.4. The summed E-state index contributed by atoms with van der Waals surface area (Å²) in [4.78, 5) is 12.2. The molecule has 3 rings (SSSR count). The van der Waals surface area contributed by atoms with Gasteiger partial charge in [-0.3, -0.25) is 5.41 Å². The molecular weight excluding hydrogens is 380 g/mol. The van der Waals surface area contributed by atoms with Crippen molar-refractivity contribution < 1.29 is 14.3 Å². The quantitative estimate of drug-likeness (QED) is 0.304. The molecule has 1 heterocycles. The predicted octanol–water partition coefficient (Wildman–Crippen LogP) is 3.01. The molecule has 158 valence electrons. The minimum atomic E-state index is -0.417. The average molecular weight is 409 g/mol. The van der Waals surface area contributed by atoms with Gasteiger partial charge in [0.15, 0.2) is 0 Å². The number of hydrogen-bond acceptors (Lipinski definition) is 6. The lowest BCUT2D eigenvalue weighted by Crippen LogP contribution is -2.34. The fraction of sp³-hybridized carbons (Fsp3) is 0.304. The van der Waals surface area contributed by atoms with Crippen LogP contribution in [0.25, 0.3) is 6.08 Å². The van der Waals surface area contributed by atoms with Gasteiger partial charge in [-0.1, -0.05) is 30.4 Å². The van der Waals surface area contributed by atoms with Gasteiger partial charge in [-0.15, -0.1) is 0 Å². The maximum atomic E-state index is 12.2. The summed E-state index contributed by atoms with van der Waals surface area (Å²) in [5, 5.41) is 14.1. The molecule has 2 aromatic carbocycles. The molecule has 0 bridgehead atoms. The largest absolute Gasteiger partial charge is 0.489 e. The monoisotopic (exact) mass is 408 g/mol. The average Bonchev–Trinajstić information content (AvgIpc) is 2.78. The molecule has 5 N–H and O–H groups in total. The second kappa shape index (κ2) is 10.5. The van der Waals surface area contributed by atoms with Crippen molar-refractivity contribution >= 4 is 23.6 Å². The molecule has 30 heavy (non-hydrogen) atoms. The van der Waals surface area contributed by atoms with Crippen molar-refractivity contribution in [2.24, 2.45) is 5.73 Å². The molecule has 7 nitrogen and oxygen atoms in total. The summed E-state index contributed by atoms with van der Waals surface area (Å²) in [5.41, 5.74) is 8.40. The number of anilines is 1. The molecule has 1 saturated heterocycles. The van der Waals surface area contributed by atoms with E-state index >= 15 is 0 Å². The molecule has 0 atom stereocenters. The molecule has 1 aliphatic heterocycles. The van der Waals surface area contributed by atoms with Gasteiger partial charge in [-0.25, -0.2) is 4.79 Å². The van der Waals surface area contributed by atoms with Crippen molar-refractivity contribution in [3.8, 4) is 5.75 Å². The third-order valence-corrected chi connectivity index (χ3v) is 4.90. The third kappa shape index (κ3) is 5.84. The molecule has 7 heteroatoms. The van der Waals surface area contributed by atoms with Crippen LogP contribution in [0.1, 0.15) is 34.3 Å². The Morgan fingerprint density at radius 1 is 1.27 bits per heavy atom. The number of esters is 1. The first-order valence-corrected chi connectivity index (χ1v) is 10.0. The lowest BCUT2D eigenvalue weighted by atomic mass is 10.1. The number of benzene rings is 2. The van der Waals surface area contributed by atoms with E-state index in [1.54, 1.807) is 12.1 Å². The first kappa shape index (κ1) is 21.4. The number of hydrogen-bond donors (Lipinski definition) is 4. The number of ether oxygens (including phenoxy) is 2. The van der Waals surface area contributed by atoms with Crippen molar-refractivity contribution in [1.29, 1.82) is 5.41 Å². The van der Waals surface area contributed by atoms with Gasteiger partial charge in [0, 0.05) is 17.8 Å². The highest BCUT2D eigenvalue weighted by molar-refractivity contribution is 5.95. The number of carbonyl (C=O) groups excluding carboxylic acids is 1. The van der Waals surface area contributed by atoms with Crippen LogP contribution < -0.4 is 21.1 Å². The van der Waals surface area contributed by atoms with Crippen LogP contribution in [0.3, 0.4) is 0 Å². The maximum Gasteiger partial charge on any atom is 0.341 e. The zero-order valence-electron chi connectivity index (χ0n) is 17.1. The second-order valence-corrected chi connectivity index (χ2v) is 7.09. The summed E-state index contributed by atoms with van der Waals surface area (Å²) in [6.07, 6.45) is 5.85. The van der Waals surface area contributed by atoms with Gasteiger partial charge in [0.25, 0.3) is 0 Å². The lowest BCUT2D eigenvalue weighted by molar-refractivity contribution is 0.0591. The standard InChI is InChI=1S/C23H28N4O3/c1-29-23(28)20-15-18(7-8-21(20)30-19-9-12-26-13-10-19)27-11-3-5-16-4-2-6-17(14-16)22(24)25/h2-8,14-15,19,26-27H,9-13H2,1H3,(H3,24,25)/b5-3+. The van der Waals surface area contributed by atoms with E-state index in [0.717, 1.165) is 37.2 Å². The zero-order chi connectivity index (χ0) is 21.3. The topological polar surface area (TPSA) is 109 Å². The van der Waals surface area contributed by atoms with Gasteiger partial charge in [0.1, 0.15) is 23.3 Å². The van der Waals surface area contributed by atoms with Crippen molar-refractivity contribution in [3.05, 3.63) is 65.2 Å². The Kier molecular flexibility index (Phi) is 7.45. The third-order valence-electron chi connectivity index (χ3n) is 4.90. The molecule has 0 radical (unpaired) electrons. The molecule has 0 unspecified atom stereocenters. The summed E-state index contributed by atoms with van der Waals surface area (Å²) in [5.74, 6) is 0.181. The van der Waals surface area contributed by atoms with Gasteiger partial charge in [0.2, 0.25) is 0 Å². The maximum absolute atomic E-state index is 12.2. The first-order valence-electron chi connectivity index (χ1n) is 10.0. The smallest absolute Gasteiger partial charge is 0.341 e. The molecule has 0 saturated carbocycles. The van der Waals surface area contributed by atoms with Crippen LogP contribution in [-0.2, 0) is 4.74 Å². The van der Waals surface area contributed by atoms with E-state index in [-0.39, 0.29) is 11.9 Å². The number of nitrogens with two attached hydrogens (primary N) is 1. The van der Waals surface area contributed by atoms with E-state index in [9.17, 15) is 4.79 Å². The van der Waals surface area contributed by atoms with Crippen LogP contribution in [0.4, 0.5) is 5.69 Å².